The number of hydrogen-bond acceptors (Lipinski definition) is 6. The number of hydrogen-bond donors (Lipinski definition) is 0. The first-order chi connectivity index (χ1) is 10.4. The van der Waals surface area contributed by atoms with Crippen LogP contribution in [0, 0.1) is 0 Å². The van der Waals surface area contributed by atoms with Crippen molar-refractivity contribution in [3.05, 3.63) is 41.0 Å². The van der Waals surface area contributed by atoms with E-state index in [1.165, 1.54) is 4.70 Å². The van der Waals surface area contributed by atoms with Gasteiger partial charge in [-0.1, -0.05) is 38.1 Å². The van der Waals surface area contributed by atoms with Crippen LogP contribution in [0.25, 0.3) is 10.2 Å². The summed E-state index contributed by atoms with van der Waals surface area (Å²) in [4.78, 5) is 11.3. The smallest absolute Gasteiger partial charge is 0.240 e. The molecule has 2 aromatic heterocycles. The Morgan fingerprint density at radius 2 is 1.91 bits per heavy atom. The van der Waals surface area contributed by atoms with Crippen molar-refractivity contribution < 1.29 is 4.52 Å². The second kappa shape index (κ2) is 5.78. The van der Waals surface area contributed by atoms with Crippen molar-refractivity contribution in [3.8, 4) is 0 Å². The van der Waals surface area contributed by atoms with Crippen molar-refractivity contribution in [1.29, 1.82) is 0 Å². The molecule has 0 bridgehead atoms. The van der Waals surface area contributed by atoms with Crippen LogP contribution in [0.15, 0.2) is 28.8 Å². The summed E-state index contributed by atoms with van der Waals surface area (Å²) in [6.07, 6.45) is 0. The minimum Gasteiger partial charge on any atom is -0.338 e. The zero-order valence-electron chi connectivity index (χ0n) is 13.3. The monoisotopic (exact) mass is 316 g/mol. The molecule has 0 aliphatic rings. The van der Waals surface area contributed by atoms with E-state index in [0.717, 1.165) is 22.9 Å². The Morgan fingerprint density at radius 1 is 1.14 bits per heavy atom. The minimum atomic E-state index is -0.0899. The van der Waals surface area contributed by atoms with E-state index in [9.17, 15) is 0 Å². The minimum absolute atomic E-state index is 0.0899. The van der Waals surface area contributed by atoms with Gasteiger partial charge in [0, 0.05) is 5.41 Å². The van der Waals surface area contributed by atoms with Crippen LogP contribution in [0.3, 0.4) is 0 Å². The van der Waals surface area contributed by atoms with Crippen molar-refractivity contribution in [1.82, 2.24) is 20.0 Å². The molecule has 0 aliphatic heterocycles. The Labute approximate surface area is 134 Å². The molecule has 0 N–H and O–H groups in total. The van der Waals surface area contributed by atoms with Gasteiger partial charge in [-0.2, -0.15) is 4.98 Å². The Balaban J connectivity index is 1.67. The maximum atomic E-state index is 5.34. The van der Waals surface area contributed by atoms with Crippen molar-refractivity contribution in [3.63, 3.8) is 0 Å². The molecule has 0 radical (unpaired) electrons. The molecule has 0 aliphatic carbocycles. The first-order valence-electron chi connectivity index (χ1n) is 7.28. The van der Waals surface area contributed by atoms with E-state index >= 15 is 0 Å². The molecule has 0 atom stereocenters. The standard InChI is InChI=1S/C16H20N4OS/c1-16(2,3)15-18-13(21-19-15)9-20(4)10-14-17-11-7-5-6-8-12(11)22-14/h5-8H,9-10H2,1-4H3. The van der Waals surface area contributed by atoms with E-state index in [4.69, 9.17) is 4.52 Å². The third-order valence-corrected chi connectivity index (χ3v) is 4.31. The van der Waals surface area contributed by atoms with Gasteiger partial charge in [0.1, 0.15) is 5.01 Å². The van der Waals surface area contributed by atoms with Crippen LogP contribution in [-0.2, 0) is 18.5 Å². The summed E-state index contributed by atoms with van der Waals surface area (Å²) in [5.74, 6) is 1.39. The van der Waals surface area contributed by atoms with Gasteiger partial charge in [0.2, 0.25) is 5.89 Å². The Kier molecular flexibility index (Phi) is 3.97. The van der Waals surface area contributed by atoms with Crippen LogP contribution >= 0.6 is 11.3 Å². The largest absolute Gasteiger partial charge is 0.338 e. The number of benzene rings is 1. The molecule has 0 amide bonds. The highest BCUT2D eigenvalue weighted by molar-refractivity contribution is 7.18. The molecule has 3 rings (SSSR count). The lowest BCUT2D eigenvalue weighted by atomic mass is 9.96. The Hall–Kier alpha value is -1.79. The fourth-order valence-electron chi connectivity index (χ4n) is 2.13. The number of aromatic nitrogens is 3. The van der Waals surface area contributed by atoms with Crippen molar-refractivity contribution >= 4 is 21.6 Å². The number of thiazole rings is 1. The molecular formula is C16H20N4OS. The van der Waals surface area contributed by atoms with Crippen LogP contribution in [0.4, 0.5) is 0 Å². The second-order valence-corrected chi connectivity index (χ2v) is 7.62. The molecule has 0 saturated carbocycles. The highest BCUT2D eigenvalue weighted by Crippen LogP contribution is 2.23. The van der Waals surface area contributed by atoms with E-state index < -0.39 is 0 Å². The quantitative estimate of drug-likeness (QED) is 0.736. The van der Waals surface area contributed by atoms with Crippen LogP contribution in [0.2, 0.25) is 0 Å². The Morgan fingerprint density at radius 3 is 2.59 bits per heavy atom. The van der Waals surface area contributed by atoms with Gasteiger partial charge in [-0.05, 0) is 19.2 Å². The summed E-state index contributed by atoms with van der Waals surface area (Å²) >= 11 is 1.73. The number of para-hydroxylation sites is 1. The van der Waals surface area contributed by atoms with Crippen LogP contribution in [0.5, 0.6) is 0 Å². The van der Waals surface area contributed by atoms with Crippen LogP contribution in [0.1, 0.15) is 37.5 Å². The third kappa shape index (κ3) is 3.34. The van der Waals surface area contributed by atoms with Crippen molar-refractivity contribution in [2.75, 3.05) is 7.05 Å². The van der Waals surface area contributed by atoms with Gasteiger partial charge >= 0.3 is 0 Å². The van der Waals surface area contributed by atoms with Gasteiger partial charge in [-0.15, -0.1) is 11.3 Å². The average Bonchev–Trinajstić information content (AvgIpc) is 3.03. The predicted octanol–water partition coefficient (Wildman–Crippen LogP) is 3.61. The first kappa shape index (κ1) is 15.1. The van der Waals surface area contributed by atoms with Gasteiger partial charge in [0.25, 0.3) is 0 Å². The summed E-state index contributed by atoms with van der Waals surface area (Å²) in [6.45, 7) is 7.62. The van der Waals surface area contributed by atoms with Gasteiger partial charge in [-0.3, -0.25) is 4.90 Å². The molecule has 5 nitrogen and oxygen atoms in total. The maximum absolute atomic E-state index is 5.34. The van der Waals surface area contributed by atoms with Crippen molar-refractivity contribution in [2.24, 2.45) is 0 Å². The zero-order valence-corrected chi connectivity index (χ0v) is 14.1. The molecular weight excluding hydrogens is 296 g/mol. The third-order valence-electron chi connectivity index (χ3n) is 3.29. The molecule has 2 heterocycles. The fraction of sp³-hybridized carbons (Fsp3) is 0.438. The van der Waals surface area contributed by atoms with Gasteiger partial charge in [-0.25, -0.2) is 4.98 Å². The topological polar surface area (TPSA) is 55.1 Å². The molecule has 0 spiro atoms. The van der Waals surface area contributed by atoms with Crippen LogP contribution < -0.4 is 0 Å². The fourth-order valence-corrected chi connectivity index (χ4v) is 3.18. The van der Waals surface area contributed by atoms with Crippen molar-refractivity contribution in [2.45, 2.75) is 39.3 Å². The van der Waals surface area contributed by atoms with E-state index in [0.29, 0.717) is 12.4 Å². The highest BCUT2D eigenvalue weighted by atomic mass is 32.1. The molecule has 1 aromatic carbocycles. The van der Waals surface area contributed by atoms with E-state index in [2.05, 4.69) is 46.9 Å². The number of fused-ring (bicyclic) bond motifs is 1. The molecule has 3 aromatic rings. The van der Waals surface area contributed by atoms with Gasteiger partial charge in [0.05, 0.1) is 23.3 Å². The predicted molar refractivity (Wildman–Crippen MR) is 87.8 cm³/mol. The summed E-state index contributed by atoms with van der Waals surface area (Å²) < 4.78 is 6.56. The van der Waals surface area contributed by atoms with E-state index in [-0.39, 0.29) is 5.41 Å². The summed E-state index contributed by atoms with van der Waals surface area (Å²) in [6, 6.07) is 8.20. The Bertz CT molecular complexity index is 739. The van der Waals surface area contributed by atoms with E-state index in [1.807, 2.05) is 25.2 Å². The van der Waals surface area contributed by atoms with Gasteiger partial charge < -0.3 is 4.52 Å². The summed E-state index contributed by atoms with van der Waals surface area (Å²) in [7, 11) is 2.03. The lowest BCUT2D eigenvalue weighted by molar-refractivity contribution is 0.259. The molecule has 6 heteroatoms. The molecule has 0 unspecified atom stereocenters. The highest BCUT2D eigenvalue weighted by Gasteiger charge is 2.21. The summed E-state index contributed by atoms with van der Waals surface area (Å²) in [5, 5.41) is 5.15. The normalized spacial score (nSPS) is 12.4. The SMILES string of the molecule is CN(Cc1nc(C(C)(C)C)no1)Cc1nc2ccccc2s1. The number of nitrogens with zero attached hydrogens (tertiary/aromatic N) is 4. The summed E-state index contributed by atoms with van der Waals surface area (Å²) in [5.41, 5.74) is 0.969. The molecule has 116 valence electrons. The second-order valence-electron chi connectivity index (χ2n) is 6.51. The maximum Gasteiger partial charge on any atom is 0.240 e. The van der Waals surface area contributed by atoms with E-state index in [1.54, 1.807) is 11.3 Å². The van der Waals surface area contributed by atoms with Gasteiger partial charge in [0.15, 0.2) is 5.82 Å². The lowest BCUT2D eigenvalue weighted by Crippen LogP contribution is -2.18. The zero-order chi connectivity index (χ0) is 15.7. The molecule has 0 saturated heterocycles. The average molecular weight is 316 g/mol. The lowest BCUT2D eigenvalue weighted by Gasteiger charge is -2.12. The molecule has 22 heavy (non-hydrogen) atoms. The van der Waals surface area contributed by atoms with Crippen LogP contribution in [-0.4, -0.2) is 27.1 Å². The number of rotatable bonds is 4. The molecule has 0 fully saturated rings. The first-order valence-corrected chi connectivity index (χ1v) is 8.09.